The van der Waals surface area contributed by atoms with Gasteiger partial charge in [0.1, 0.15) is 6.04 Å². The molecule has 17 heavy (non-hydrogen) atoms. The summed E-state index contributed by atoms with van der Waals surface area (Å²) in [5.74, 6) is 0.445. The van der Waals surface area contributed by atoms with E-state index in [1.807, 2.05) is 0 Å². The van der Waals surface area contributed by atoms with Crippen LogP contribution in [0.1, 0.15) is 58.3 Å². The summed E-state index contributed by atoms with van der Waals surface area (Å²) in [6.45, 7) is 3.18. The van der Waals surface area contributed by atoms with Crippen molar-refractivity contribution in [2.24, 2.45) is 5.92 Å². The molecular formula is C14H27NO2. The molecule has 0 radical (unpaired) electrons. The highest BCUT2D eigenvalue weighted by Crippen LogP contribution is 2.33. The van der Waals surface area contributed by atoms with E-state index in [1.165, 1.54) is 58.5 Å². The number of nitrogens with one attached hydrogen (secondary N) is 1. The molecule has 3 heteroatoms. The lowest BCUT2D eigenvalue weighted by Gasteiger charge is -2.15. The summed E-state index contributed by atoms with van der Waals surface area (Å²) >= 11 is 0. The van der Waals surface area contributed by atoms with E-state index in [0.717, 1.165) is 6.54 Å². The number of esters is 1. The minimum absolute atomic E-state index is 0.0457. The number of carbonyl (C=O) groups is 1. The summed E-state index contributed by atoms with van der Waals surface area (Å²) in [5.41, 5.74) is 0. The van der Waals surface area contributed by atoms with Crippen molar-refractivity contribution in [1.82, 2.24) is 5.32 Å². The number of unbranched alkanes of at least 4 members (excludes halogenated alkanes) is 5. The lowest BCUT2D eigenvalue weighted by Crippen LogP contribution is -2.39. The van der Waals surface area contributed by atoms with Crippen LogP contribution >= 0.6 is 0 Å². The number of carbonyl (C=O) groups excluding carboxylic acids is 1. The molecule has 1 aliphatic rings. The van der Waals surface area contributed by atoms with Gasteiger partial charge in [-0.25, -0.2) is 0 Å². The van der Waals surface area contributed by atoms with E-state index in [-0.39, 0.29) is 12.0 Å². The van der Waals surface area contributed by atoms with Gasteiger partial charge in [-0.2, -0.15) is 0 Å². The van der Waals surface area contributed by atoms with Crippen LogP contribution in [0, 0.1) is 5.92 Å². The molecule has 0 aromatic rings. The van der Waals surface area contributed by atoms with Gasteiger partial charge in [0, 0.05) is 0 Å². The van der Waals surface area contributed by atoms with Crippen molar-refractivity contribution >= 4 is 5.97 Å². The summed E-state index contributed by atoms with van der Waals surface area (Å²) in [6.07, 6.45) is 10.1. The third-order valence-electron chi connectivity index (χ3n) is 3.44. The second-order valence-electron chi connectivity index (χ2n) is 5.06. The van der Waals surface area contributed by atoms with E-state index in [2.05, 4.69) is 12.2 Å². The van der Waals surface area contributed by atoms with Gasteiger partial charge in [0.05, 0.1) is 7.11 Å². The smallest absolute Gasteiger partial charge is 0.323 e. The zero-order valence-corrected chi connectivity index (χ0v) is 11.3. The van der Waals surface area contributed by atoms with Gasteiger partial charge in [0.2, 0.25) is 0 Å². The fraction of sp³-hybridized carbons (Fsp3) is 0.929. The van der Waals surface area contributed by atoms with Gasteiger partial charge < -0.3 is 10.1 Å². The normalized spacial score (nSPS) is 16.8. The van der Waals surface area contributed by atoms with Crippen LogP contribution in [0.5, 0.6) is 0 Å². The molecule has 1 N–H and O–H groups in total. The molecular weight excluding hydrogens is 214 g/mol. The maximum absolute atomic E-state index is 11.5. The van der Waals surface area contributed by atoms with Crippen LogP contribution in [0.15, 0.2) is 0 Å². The molecule has 0 aliphatic heterocycles. The summed E-state index contributed by atoms with van der Waals surface area (Å²) in [6, 6.07) is -0.0457. The van der Waals surface area contributed by atoms with Gasteiger partial charge >= 0.3 is 5.97 Å². The van der Waals surface area contributed by atoms with Gasteiger partial charge in [0.25, 0.3) is 0 Å². The Morgan fingerprint density at radius 1 is 1.24 bits per heavy atom. The molecule has 0 aromatic carbocycles. The predicted octanol–water partition coefficient (Wildman–Crippen LogP) is 2.89. The molecule has 1 unspecified atom stereocenters. The second kappa shape index (κ2) is 8.51. The fourth-order valence-corrected chi connectivity index (χ4v) is 2.16. The highest BCUT2D eigenvalue weighted by Gasteiger charge is 2.36. The quantitative estimate of drug-likeness (QED) is 0.472. The largest absolute Gasteiger partial charge is 0.468 e. The van der Waals surface area contributed by atoms with Crippen LogP contribution < -0.4 is 5.32 Å². The van der Waals surface area contributed by atoms with Crippen molar-refractivity contribution in [3.05, 3.63) is 0 Å². The second-order valence-corrected chi connectivity index (χ2v) is 5.06. The van der Waals surface area contributed by atoms with Gasteiger partial charge in [-0.05, 0) is 31.7 Å². The molecule has 0 saturated heterocycles. The third kappa shape index (κ3) is 6.06. The molecule has 0 heterocycles. The molecule has 0 amide bonds. The first-order valence-electron chi connectivity index (χ1n) is 7.10. The standard InChI is InChI=1S/C14H27NO2/c1-3-4-5-6-7-8-11-15-13(12-9-10-12)14(16)17-2/h12-13,15H,3-11H2,1-2H3. The number of hydrogen-bond acceptors (Lipinski definition) is 3. The average Bonchev–Trinajstić information content (AvgIpc) is 3.16. The minimum Gasteiger partial charge on any atom is -0.468 e. The van der Waals surface area contributed by atoms with Gasteiger partial charge in [-0.3, -0.25) is 4.79 Å². The van der Waals surface area contributed by atoms with Crippen molar-refractivity contribution in [2.45, 2.75) is 64.3 Å². The Balaban J connectivity index is 2.01. The minimum atomic E-state index is -0.0847. The zero-order chi connectivity index (χ0) is 12.5. The van der Waals surface area contributed by atoms with Crippen molar-refractivity contribution in [3.63, 3.8) is 0 Å². The summed E-state index contributed by atoms with van der Waals surface area (Å²) in [5, 5.41) is 3.35. The van der Waals surface area contributed by atoms with E-state index < -0.39 is 0 Å². The van der Waals surface area contributed by atoms with Crippen LogP contribution in [0.3, 0.4) is 0 Å². The Bertz CT molecular complexity index is 214. The Morgan fingerprint density at radius 2 is 1.88 bits per heavy atom. The molecule has 0 spiro atoms. The summed E-state index contributed by atoms with van der Waals surface area (Å²) in [7, 11) is 1.48. The van der Waals surface area contributed by atoms with Gasteiger partial charge in [-0.1, -0.05) is 39.0 Å². The lowest BCUT2D eigenvalue weighted by atomic mass is 10.1. The monoisotopic (exact) mass is 241 g/mol. The first-order valence-corrected chi connectivity index (χ1v) is 7.10. The highest BCUT2D eigenvalue weighted by molar-refractivity contribution is 5.76. The Morgan fingerprint density at radius 3 is 2.47 bits per heavy atom. The van der Waals surface area contributed by atoms with Gasteiger partial charge in [-0.15, -0.1) is 0 Å². The molecule has 1 aliphatic carbocycles. The van der Waals surface area contributed by atoms with Crippen LogP contribution in [0.4, 0.5) is 0 Å². The van der Waals surface area contributed by atoms with E-state index >= 15 is 0 Å². The van der Waals surface area contributed by atoms with E-state index in [1.54, 1.807) is 0 Å². The number of ether oxygens (including phenoxy) is 1. The lowest BCUT2D eigenvalue weighted by molar-refractivity contribution is -0.143. The van der Waals surface area contributed by atoms with Gasteiger partial charge in [0.15, 0.2) is 0 Å². The van der Waals surface area contributed by atoms with Crippen LogP contribution in [-0.4, -0.2) is 25.7 Å². The maximum Gasteiger partial charge on any atom is 0.323 e. The first-order chi connectivity index (χ1) is 8.29. The average molecular weight is 241 g/mol. The molecule has 1 atom stereocenters. The fourth-order valence-electron chi connectivity index (χ4n) is 2.16. The van der Waals surface area contributed by atoms with Crippen LogP contribution in [0.2, 0.25) is 0 Å². The zero-order valence-electron chi connectivity index (χ0n) is 11.3. The van der Waals surface area contributed by atoms with Crippen molar-refractivity contribution in [3.8, 4) is 0 Å². The number of hydrogen-bond donors (Lipinski definition) is 1. The Labute approximate surface area is 105 Å². The topological polar surface area (TPSA) is 38.3 Å². The van der Waals surface area contributed by atoms with Crippen molar-refractivity contribution < 1.29 is 9.53 Å². The SMILES string of the molecule is CCCCCCCCNC(C(=O)OC)C1CC1. The molecule has 0 aromatic heterocycles. The Hall–Kier alpha value is -0.570. The Kier molecular flexibility index (Phi) is 7.25. The molecule has 0 bridgehead atoms. The van der Waals surface area contributed by atoms with E-state index in [0.29, 0.717) is 5.92 Å². The summed E-state index contributed by atoms with van der Waals surface area (Å²) in [4.78, 5) is 11.5. The van der Waals surface area contributed by atoms with Crippen molar-refractivity contribution in [2.75, 3.05) is 13.7 Å². The maximum atomic E-state index is 11.5. The summed E-state index contributed by atoms with van der Waals surface area (Å²) < 4.78 is 4.82. The van der Waals surface area contributed by atoms with Crippen molar-refractivity contribution in [1.29, 1.82) is 0 Å². The molecule has 1 rings (SSSR count). The molecule has 1 saturated carbocycles. The third-order valence-corrected chi connectivity index (χ3v) is 3.44. The highest BCUT2D eigenvalue weighted by atomic mass is 16.5. The van der Waals surface area contributed by atoms with Crippen LogP contribution in [-0.2, 0) is 9.53 Å². The molecule has 100 valence electrons. The molecule has 1 fully saturated rings. The number of methoxy groups -OCH3 is 1. The van der Waals surface area contributed by atoms with E-state index in [4.69, 9.17) is 4.74 Å². The van der Waals surface area contributed by atoms with E-state index in [9.17, 15) is 4.79 Å². The number of rotatable bonds is 10. The van der Waals surface area contributed by atoms with Crippen LogP contribution in [0.25, 0.3) is 0 Å². The predicted molar refractivity (Wildman–Crippen MR) is 69.9 cm³/mol. The molecule has 3 nitrogen and oxygen atoms in total. The first kappa shape index (κ1) is 14.5.